The molecule has 1 aromatic heterocycles. The van der Waals surface area contributed by atoms with Gasteiger partial charge in [0.05, 0.1) is 11.4 Å². The summed E-state index contributed by atoms with van der Waals surface area (Å²) >= 11 is 1.52. The number of fused-ring (bicyclic) bond motifs is 1. The first-order valence-corrected chi connectivity index (χ1v) is 6.02. The monoisotopic (exact) mass is 242 g/mol. The fourth-order valence-electron chi connectivity index (χ4n) is 1.48. The van der Waals surface area contributed by atoms with Gasteiger partial charge < -0.3 is 0 Å². The average molecular weight is 242 g/mol. The topological polar surface area (TPSA) is 49.3 Å². The number of pyridine rings is 1. The summed E-state index contributed by atoms with van der Waals surface area (Å²) in [4.78, 5) is 8.77. The van der Waals surface area contributed by atoms with E-state index in [-0.39, 0.29) is 0 Å². The van der Waals surface area contributed by atoms with Gasteiger partial charge >= 0.3 is 0 Å². The number of hydrazine groups is 1. The number of rotatable bonds is 1. The fraction of sp³-hybridized carbons (Fsp3) is 0. The number of para-hydroxylation sites is 1. The summed E-state index contributed by atoms with van der Waals surface area (Å²) in [6, 6.07) is 13.7. The smallest absolute Gasteiger partial charge is 0.187 e. The average Bonchev–Trinajstić information content (AvgIpc) is 2.40. The molecule has 5 heteroatoms. The number of aliphatic imine (C=N–C) groups is 1. The molecule has 1 aliphatic heterocycles. The maximum Gasteiger partial charge on any atom is 0.187 e. The molecule has 0 amide bonds. The van der Waals surface area contributed by atoms with Gasteiger partial charge in [-0.05, 0) is 36.0 Å². The highest BCUT2D eigenvalue weighted by molar-refractivity contribution is 8.14. The number of thioether (sulfide) groups is 1. The molecule has 0 spiro atoms. The van der Waals surface area contributed by atoms with E-state index >= 15 is 0 Å². The lowest BCUT2D eigenvalue weighted by molar-refractivity contribution is 1.04. The van der Waals surface area contributed by atoms with E-state index in [1.165, 1.54) is 11.8 Å². The third-order valence-electron chi connectivity index (χ3n) is 2.26. The highest BCUT2D eigenvalue weighted by atomic mass is 32.2. The molecule has 0 unspecified atom stereocenters. The van der Waals surface area contributed by atoms with Crippen LogP contribution in [-0.2, 0) is 0 Å². The van der Waals surface area contributed by atoms with Crippen molar-refractivity contribution in [2.45, 2.75) is 5.03 Å². The Balaban J connectivity index is 1.87. The molecule has 0 fully saturated rings. The first-order valence-electron chi connectivity index (χ1n) is 5.20. The van der Waals surface area contributed by atoms with Gasteiger partial charge in [-0.25, -0.2) is 9.98 Å². The quantitative estimate of drug-likeness (QED) is 0.807. The summed E-state index contributed by atoms with van der Waals surface area (Å²) < 4.78 is 0. The molecule has 0 bridgehead atoms. The van der Waals surface area contributed by atoms with Gasteiger partial charge in [-0.3, -0.25) is 10.9 Å². The van der Waals surface area contributed by atoms with Crippen LogP contribution in [0.2, 0.25) is 0 Å². The van der Waals surface area contributed by atoms with Crippen molar-refractivity contribution in [3.63, 3.8) is 0 Å². The third-order valence-corrected chi connectivity index (χ3v) is 3.16. The van der Waals surface area contributed by atoms with Crippen LogP contribution in [0.3, 0.4) is 0 Å². The molecule has 4 nitrogen and oxygen atoms in total. The molecular weight excluding hydrogens is 232 g/mol. The number of hydrogen-bond donors (Lipinski definition) is 2. The van der Waals surface area contributed by atoms with Gasteiger partial charge in [0.1, 0.15) is 5.03 Å². The molecule has 17 heavy (non-hydrogen) atoms. The van der Waals surface area contributed by atoms with Gasteiger partial charge in [-0.1, -0.05) is 18.2 Å². The minimum atomic E-state index is 0.794. The summed E-state index contributed by atoms with van der Waals surface area (Å²) in [5, 5.41) is 1.73. The standard InChI is InChI=1S/C12H10N4S/c1-2-5-9(6-3-1)14-12-16-15-10-7-4-8-13-11(10)17-12/h1-8,15H,(H,14,16). The van der Waals surface area contributed by atoms with Crippen molar-refractivity contribution in [2.75, 3.05) is 5.43 Å². The maximum atomic E-state index is 4.48. The fourth-order valence-corrected chi connectivity index (χ4v) is 2.25. The Kier molecular flexibility index (Phi) is 2.67. The van der Waals surface area contributed by atoms with E-state index in [1.54, 1.807) is 6.20 Å². The summed E-state index contributed by atoms with van der Waals surface area (Å²) in [5.74, 6) is 0. The van der Waals surface area contributed by atoms with E-state index in [0.717, 1.165) is 21.6 Å². The van der Waals surface area contributed by atoms with E-state index in [0.29, 0.717) is 0 Å². The molecule has 0 aliphatic carbocycles. The van der Waals surface area contributed by atoms with Crippen molar-refractivity contribution >= 4 is 28.3 Å². The first kappa shape index (κ1) is 10.2. The summed E-state index contributed by atoms with van der Waals surface area (Å²) in [6.07, 6.45) is 1.78. The molecule has 1 aliphatic rings. The van der Waals surface area contributed by atoms with E-state index < -0.39 is 0 Å². The van der Waals surface area contributed by atoms with Crippen LogP contribution >= 0.6 is 11.8 Å². The zero-order chi connectivity index (χ0) is 11.5. The van der Waals surface area contributed by atoms with E-state index in [1.807, 2.05) is 42.5 Å². The van der Waals surface area contributed by atoms with E-state index in [4.69, 9.17) is 0 Å². The van der Waals surface area contributed by atoms with Crippen LogP contribution in [0.5, 0.6) is 0 Å². The van der Waals surface area contributed by atoms with Crippen LogP contribution < -0.4 is 10.9 Å². The Hall–Kier alpha value is -2.01. The maximum absolute atomic E-state index is 4.48. The van der Waals surface area contributed by atoms with E-state index in [9.17, 15) is 0 Å². The van der Waals surface area contributed by atoms with Crippen molar-refractivity contribution < 1.29 is 0 Å². The van der Waals surface area contributed by atoms with Gasteiger partial charge in [0.15, 0.2) is 5.17 Å². The van der Waals surface area contributed by atoms with Gasteiger partial charge in [0, 0.05) is 6.20 Å². The molecule has 2 heterocycles. The zero-order valence-corrected chi connectivity index (χ0v) is 9.74. The number of anilines is 1. The van der Waals surface area contributed by atoms with E-state index in [2.05, 4.69) is 20.8 Å². The number of nitrogens with zero attached hydrogens (tertiary/aromatic N) is 2. The summed E-state index contributed by atoms with van der Waals surface area (Å²) in [5.41, 5.74) is 8.01. The van der Waals surface area contributed by atoms with Crippen LogP contribution in [0.1, 0.15) is 0 Å². The Morgan fingerprint density at radius 2 is 1.88 bits per heavy atom. The van der Waals surface area contributed by atoms with Crippen molar-refractivity contribution in [3.05, 3.63) is 48.7 Å². The second kappa shape index (κ2) is 4.47. The van der Waals surface area contributed by atoms with Gasteiger partial charge in [-0.15, -0.1) is 0 Å². The molecule has 84 valence electrons. The highest BCUT2D eigenvalue weighted by Crippen LogP contribution is 2.29. The van der Waals surface area contributed by atoms with Crippen LogP contribution in [0.4, 0.5) is 11.4 Å². The number of aromatic nitrogens is 1. The molecule has 2 N–H and O–H groups in total. The molecule has 0 radical (unpaired) electrons. The summed E-state index contributed by atoms with van der Waals surface area (Å²) in [7, 11) is 0. The molecule has 0 atom stereocenters. The SMILES string of the molecule is c1ccc(N=C2NNc3cccnc3S2)cc1. The predicted molar refractivity (Wildman–Crippen MR) is 70.4 cm³/mol. The number of amidine groups is 1. The van der Waals surface area contributed by atoms with Crippen molar-refractivity contribution in [1.82, 2.24) is 10.4 Å². The minimum absolute atomic E-state index is 0.794. The molecular formula is C12H10N4S. The lowest BCUT2D eigenvalue weighted by atomic mass is 10.3. The second-order valence-electron chi connectivity index (χ2n) is 3.46. The Labute approximate surface area is 103 Å². The third kappa shape index (κ3) is 2.24. The second-order valence-corrected chi connectivity index (χ2v) is 4.44. The van der Waals surface area contributed by atoms with Crippen molar-refractivity contribution in [3.8, 4) is 0 Å². The molecule has 2 aromatic rings. The largest absolute Gasteiger partial charge is 0.296 e. The lowest BCUT2D eigenvalue weighted by Crippen LogP contribution is -2.30. The van der Waals surface area contributed by atoms with Crippen LogP contribution in [0.25, 0.3) is 0 Å². The highest BCUT2D eigenvalue weighted by Gasteiger charge is 2.14. The lowest BCUT2D eigenvalue weighted by Gasteiger charge is -2.19. The normalized spacial score (nSPS) is 15.9. The van der Waals surface area contributed by atoms with Gasteiger partial charge in [0.25, 0.3) is 0 Å². The van der Waals surface area contributed by atoms with Crippen molar-refractivity contribution in [2.24, 2.45) is 4.99 Å². The van der Waals surface area contributed by atoms with Crippen LogP contribution in [-0.4, -0.2) is 10.2 Å². The summed E-state index contributed by atoms with van der Waals surface area (Å²) in [6.45, 7) is 0. The first-order chi connectivity index (χ1) is 8.42. The van der Waals surface area contributed by atoms with Crippen LogP contribution in [0.15, 0.2) is 58.7 Å². The molecule has 3 rings (SSSR count). The molecule has 0 saturated carbocycles. The number of nitrogens with one attached hydrogen (secondary N) is 2. The van der Waals surface area contributed by atoms with Crippen molar-refractivity contribution in [1.29, 1.82) is 0 Å². The molecule has 1 aromatic carbocycles. The van der Waals surface area contributed by atoms with Gasteiger partial charge in [0.2, 0.25) is 0 Å². The Morgan fingerprint density at radius 3 is 2.76 bits per heavy atom. The Bertz CT molecular complexity index is 553. The minimum Gasteiger partial charge on any atom is -0.296 e. The predicted octanol–water partition coefficient (Wildman–Crippen LogP) is 2.79. The number of hydrogen-bond acceptors (Lipinski definition) is 4. The number of benzene rings is 1. The van der Waals surface area contributed by atoms with Crippen LogP contribution in [0, 0.1) is 0 Å². The van der Waals surface area contributed by atoms with Gasteiger partial charge in [-0.2, -0.15) is 0 Å². The Morgan fingerprint density at radius 1 is 1.00 bits per heavy atom. The zero-order valence-electron chi connectivity index (χ0n) is 8.92. The molecule has 0 saturated heterocycles.